The lowest BCUT2D eigenvalue weighted by Gasteiger charge is -2.40. The van der Waals surface area contributed by atoms with Gasteiger partial charge in [0.1, 0.15) is 23.7 Å². The molecule has 138 valence electrons. The highest BCUT2D eigenvalue weighted by Gasteiger charge is 2.27. The van der Waals surface area contributed by atoms with Gasteiger partial charge in [-0.05, 0) is 19.1 Å². The highest BCUT2D eigenvalue weighted by atomic mass is 35.5. The van der Waals surface area contributed by atoms with Crippen molar-refractivity contribution in [3.63, 3.8) is 0 Å². The minimum absolute atomic E-state index is 0.0117. The molecule has 0 unspecified atom stereocenters. The van der Waals surface area contributed by atoms with Crippen molar-refractivity contribution in [2.75, 3.05) is 24.5 Å². The molecule has 1 fully saturated rings. The third-order valence-electron chi connectivity index (χ3n) is 4.32. The van der Waals surface area contributed by atoms with Crippen LogP contribution >= 0.6 is 11.6 Å². The molecule has 0 aliphatic carbocycles. The Kier molecular flexibility index (Phi) is 5.56. The minimum Gasteiger partial charge on any atom is -0.439 e. The third-order valence-corrected chi connectivity index (χ3v) is 4.60. The number of hydrogen-bond acceptors (Lipinski definition) is 5. The monoisotopic (exact) mass is 378 g/mol. The van der Waals surface area contributed by atoms with E-state index in [1.54, 1.807) is 6.07 Å². The van der Waals surface area contributed by atoms with Gasteiger partial charge in [0.15, 0.2) is 0 Å². The number of benzene rings is 1. The standard InChI is InChI=1S/C18H20ClFN4O2/c1-3-18(25)24-7-6-23(10-12(24)2)16-9-17(22-11-21-16)26-13-4-5-15(20)14(19)8-13/h4-5,8-9,11-12H,3,6-7,10H2,1-2H3/t12-/m1/s1. The quantitative estimate of drug-likeness (QED) is 0.814. The molecular weight excluding hydrogens is 359 g/mol. The maximum atomic E-state index is 13.2. The van der Waals surface area contributed by atoms with Crippen LogP contribution in [0.1, 0.15) is 20.3 Å². The third kappa shape index (κ3) is 4.04. The molecular formula is C18H20ClFN4O2. The number of rotatable bonds is 4. The molecule has 0 radical (unpaired) electrons. The topological polar surface area (TPSA) is 58.6 Å². The number of hydrogen-bond donors (Lipinski definition) is 0. The Morgan fingerprint density at radius 3 is 2.85 bits per heavy atom. The van der Waals surface area contributed by atoms with Gasteiger partial charge in [-0.3, -0.25) is 4.79 Å². The van der Waals surface area contributed by atoms with Crippen LogP contribution in [0, 0.1) is 5.82 Å². The molecule has 1 amide bonds. The Hall–Kier alpha value is -2.41. The molecule has 1 aliphatic rings. The zero-order chi connectivity index (χ0) is 18.7. The fourth-order valence-corrected chi connectivity index (χ4v) is 3.13. The van der Waals surface area contributed by atoms with Crippen LogP contribution in [0.15, 0.2) is 30.6 Å². The highest BCUT2D eigenvalue weighted by Crippen LogP contribution is 2.27. The molecule has 6 nitrogen and oxygen atoms in total. The molecule has 2 aromatic rings. The van der Waals surface area contributed by atoms with Crippen LogP contribution in [0.5, 0.6) is 11.6 Å². The van der Waals surface area contributed by atoms with E-state index in [0.717, 1.165) is 5.82 Å². The summed E-state index contributed by atoms with van der Waals surface area (Å²) in [5.41, 5.74) is 0. The lowest BCUT2D eigenvalue weighted by atomic mass is 10.1. The van der Waals surface area contributed by atoms with Gasteiger partial charge in [-0.25, -0.2) is 14.4 Å². The summed E-state index contributed by atoms with van der Waals surface area (Å²) in [7, 11) is 0. The van der Waals surface area contributed by atoms with Crippen molar-refractivity contribution >= 4 is 23.3 Å². The van der Waals surface area contributed by atoms with Gasteiger partial charge >= 0.3 is 0 Å². The Balaban J connectivity index is 1.71. The summed E-state index contributed by atoms with van der Waals surface area (Å²) in [5, 5.41) is -0.0117. The first-order valence-corrected chi connectivity index (χ1v) is 8.85. The molecule has 1 atom stereocenters. The van der Waals surface area contributed by atoms with Crippen LogP contribution in [0.2, 0.25) is 5.02 Å². The van der Waals surface area contributed by atoms with Gasteiger partial charge in [0, 0.05) is 44.2 Å². The molecule has 2 heterocycles. The molecule has 26 heavy (non-hydrogen) atoms. The first kappa shape index (κ1) is 18.4. The van der Waals surface area contributed by atoms with Crippen molar-refractivity contribution in [1.29, 1.82) is 0 Å². The van der Waals surface area contributed by atoms with E-state index in [-0.39, 0.29) is 17.0 Å². The van der Waals surface area contributed by atoms with Gasteiger partial charge in [-0.15, -0.1) is 0 Å². The molecule has 1 aliphatic heterocycles. The predicted octanol–water partition coefficient (Wildman–Crippen LogP) is 3.51. The summed E-state index contributed by atoms with van der Waals surface area (Å²) in [6, 6.07) is 5.95. The number of halogens is 2. The van der Waals surface area contributed by atoms with Gasteiger partial charge in [0.25, 0.3) is 0 Å². The summed E-state index contributed by atoms with van der Waals surface area (Å²) in [6.45, 7) is 5.93. The second-order valence-electron chi connectivity index (χ2n) is 6.13. The average molecular weight is 379 g/mol. The van der Waals surface area contributed by atoms with Crippen molar-refractivity contribution in [2.24, 2.45) is 0 Å². The van der Waals surface area contributed by atoms with E-state index in [0.29, 0.717) is 37.7 Å². The van der Waals surface area contributed by atoms with Crippen LogP contribution in [0.3, 0.4) is 0 Å². The number of amides is 1. The molecule has 0 spiro atoms. The van der Waals surface area contributed by atoms with Gasteiger partial charge in [0.05, 0.1) is 5.02 Å². The second-order valence-corrected chi connectivity index (χ2v) is 6.54. The number of carbonyl (C=O) groups excluding carboxylic acids is 1. The Morgan fingerprint density at radius 2 is 2.15 bits per heavy atom. The zero-order valence-electron chi connectivity index (χ0n) is 14.7. The lowest BCUT2D eigenvalue weighted by molar-refractivity contribution is -0.133. The number of aromatic nitrogens is 2. The summed E-state index contributed by atoms with van der Waals surface area (Å²) in [5.74, 6) is 1.12. The number of anilines is 1. The fraction of sp³-hybridized carbons (Fsp3) is 0.389. The van der Waals surface area contributed by atoms with Crippen molar-refractivity contribution in [2.45, 2.75) is 26.3 Å². The summed E-state index contributed by atoms with van der Waals surface area (Å²) < 4.78 is 18.9. The second kappa shape index (κ2) is 7.86. The van der Waals surface area contributed by atoms with Gasteiger partial charge in [0.2, 0.25) is 11.8 Å². The first-order chi connectivity index (χ1) is 12.5. The van der Waals surface area contributed by atoms with Crippen molar-refractivity contribution in [3.8, 4) is 11.6 Å². The first-order valence-electron chi connectivity index (χ1n) is 8.47. The molecule has 8 heteroatoms. The number of nitrogens with zero attached hydrogens (tertiary/aromatic N) is 4. The average Bonchev–Trinajstić information content (AvgIpc) is 2.64. The van der Waals surface area contributed by atoms with Crippen LogP contribution in [-0.2, 0) is 4.79 Å². The summed E-state index contributed by atoms with van der Waals surface area (Å²) in [6.07, 6.45) is 1.93. The Labute approximate surface area is 156 Å². The molecule has 1 saturated heterocycles. The fourth-order valence-electron chi connectivity index (χ4n) is 2.96. The SMILES string of the molecule is CCC(=O)N1CCN(c2cc(Oc3ccc(F)c(Cl)c3)ncn2)C[C@H]1C. The summed E-state index contributed by atoms with van der Waals surface area (Å²) >= 11 is 5.77. The minimum atomic E-state index is -0.504. The van der Waals surface area contributed by atoms with E-state index in [9.17, 15) is 9.18 Å². The molecule has 0 bridgehead atoms. The van der Waals surface area contributed by atoms with E-state index in [4.69, 9.17) is 16.3 Å². The van der Waals surface area contributed by atoms with Gasteiger partial charge in [-0.1, -0.05) is 18.5 Å². The predicted molar refractivity (Wildman–Crippen MR) is 97.2 cm³/mol. The number of piperazine rings is 1. The van der Waals surface area contributed by atoms with E-state index >= 15 is 0 Å². The smallest absolute Gasteiger partial charge is 0.224 e. The Morgan fingerprint density at radius 1 is 1.35 bits per heavy atom. The van der Waals surface area contributed by atoms with Crippen LogP contribution in [-0.4, -0.2) is 46.5 Å². The zero-order valence-corrected chi connectivity index (χ0v) is 15.4. The van der Waals surface area contributed by atoms with Crippen molar-refractivity contribution < 1.29 is 13.9 Å². The van der Waals surface area contributed by atoms with Crippen molar-refractivity contribution in [3.05, 3.63) is 41.4 Å². The number of ether oxygens (including phenoxy) is 1. The van der Waals surface area contributed by atoms with E-state index in [2.05, 4.69) is 14.9 Å². The maximum Gasteiger partial charge on any atom is 0.224 e. The highest BCUT2D eigenvalue weighted by molar-refractivity contribution is 6.30. The van der Waals surface area contributed by atoms with Gasteiger partial charge < -0.3 is 14.5 Å². The molecule has 0 N–H and O–H groups in total. The Bertz CT molecular complexity index is 805. The van der Waals surface area contributed by atoms with E-state index in [1.807, 2.05) is 18.7 Å². The lowest BCUT2D eigenvalue weighted by Crippen LogP contribution is -2.54. The molecule has 3 rings (SSSR count). The largest absolute Gasteiger partial charge is 0.439 e. The normalized spacial score (nSPS) is 17.3. The molecule has 0 saturated carbocycles. The van der Waals surface area contributed by atoms with Crippen molar-refractivity contribution in [1.82, 2.24) is 14.9 Å². The summed E-state index contributed by atoms with van der Waals surface area (Å²) in [4.78, 5) is 24.3. The van der Waals surface area contributed by atoms with Crippen LogP contribution in [0.4, 0.5) is 10.2 Å². The van der Waals surface area contributed by atoms with E-state index in [1.165, 1.54) is 24.5 Å². The van der Waals surface area contributed by atoms with Crippen LogP contribution in [0.25, 0.3) is 0 Å². The van der Waals surface area contributed by atoms with Crippen LogP contribution < -0.4 is 9.64 Å². The molecule has 1 aromatic carbocycles. The molecule has 1 aromatic heterocycles. The van der Waals surface area contributed by atoms with Gasteiger partial charge in [-0.2, -0.15) is 0 Å². The maximum absolute atomic E-state index is 13.2. The van der Waals surface area contributed by atoms with E-state index < -0.39 is 5.82 Å². The number of carbonyl (C=O) groups is 1.